The molecular formula is C20H21FN2O5. The van der Waals surface area contributed by atoms with Crippen LogP contribution in [0.5, 0.6) is 5.75 Å². The molecule has 0 aromatic heterocycles. The van der Waals surface area contributed by atoms with Gasteiger partial charge in [-0.3, -0.25) is 9.59 Å². The largest absolute Gasteiger partial charge is 0.482 e. The number of benzene rings is 2. The van der Waals surface area contributed by atoms with Gasteiger partial charge in [0.1, 0.15) is 17.6 Å². The smallest absolute Gasteiger partial charge is 0.341 e. The van der Waals surface area contributed by atoms with Gasteiger partial charge in [-0.2, -0.15) is 0 Å². The third-order valence-electron chi connectivity index (χ3n) is 3.81. The highest BCUT2D eigenvalue weighted by molar-refractivity contribution is 6.01. The Morgan fingerprint density at radius 2 is 1.79 bits per heavy atom. The van der Waals surface area contributed by atoms with Crippen molar-refractivity contribution in [2.75, 3.05) is 11.9 Å². The highest BCUT2D eigenvalue weighted by Gasteiger charge is 2.25. The summed E-state index contributed by atoms with van der Waals surface area (Å²) in [5, 5.41) is 14.0. The summed E-state index contributed by atoms with van der Waals surface area (Å²) in [6, 6.07) is 10.4. The first-order chi connectivity index (χ1) is 13.3. The average Bonchev–Trinajstić information content (AvgIpc) is 2.64. The predicted molar refractivity (Wildman–Crippen MR) is 101 cm³/mol. The molecule has 0 bridgehead atoms. The Bertz CT molecular complexity index is 852. The fraction of sp³-hybridized carbons (Fsp3) is 0.250. The van der Waals surface area contributed by atoms with Gasteiger partial charge in [0.05, 0.1) is 0 Å². The number of carbonyl (C=O) groups excluding carboxylic acids is 2. The van der Waals surface area contributed by atoms with E-state index in [0.29, 0.717) is 5.69 Å². The van der Waals surface area contributed by atoms with E-state index < -0.39 is 36.2 Å². The number of carbonyl (C=O) groups is 3. The molecule has 0 aliphatic carbocycles. The summed E-state index contributed by atoms with van der Waals surface area (Å²) in [6.45, 7) is 3.06. The van der Waals surface area contributed by atoms with Crippen molar-refractivity contribution in [3.63, 3.8) is 0 Å². The first kappa shape index (κ1) is 20.9. The number of hydrogen-bond acceptors (Lipinski definition) is 4. The number of hydrogen-bond donors (Lipinski definition) is 3. The molecule has 2 aromatic rings. The topological polar surface area (TPSA) is 105 Å². The lowest BCUT2D eigenvalue weighted by atomic mass is 10.0. The first-order valence-corrected chi connectivity index (χ1v) is 8.58. The first-order valence-electron chi connectivity index (χ1n) is 8.58. The van der Waals surface area contributed by atoms with Crippen molar-refractivity contribution in [2.24, 2.45) is 5.92 Å². The van der Waals surface area contributed by atoms with E-state index in [9.17, 15) is 18.8 Å². The zero-order valence-corrected chi connectivity index (χ0v) is 15.4. The zero-order valence-electron chi connectivity index (χ0n) is 15.4. The van der Waals surface area contributed by atoms with Crippen molar-refractivity contribution in [1.82, 2.24) is 5.32 Å². The normalized spacial score (nSPS) is 11.6. The minimum Gasteiger partial charge on any atom is -0.482 e. The van der Waals surface area contributed by atoms with Gasteiger partial charge in [-0.05, 0) is 42.3 Å². The summed E-state index contributed by atoms with van der Waals surface area (Å²) in [7, 11) is 0. The summed E-state index contributed by atoms with van der Waals surface area (Å²) in [5.41, 5.74) is 0.637. The number of halogens is 1. The second-order valence-corrected chi connectivity index (χ2v) is 6.40. The molecule has 7 nitrogen and oxygen atoms in total. The molecule has 2 amide bonds. The number of ether oxygens (including phenoxy) is 1. The van der Waals surface area contributed by atoms with Crippen molar-refractivity contribution in [2.45, 2.75) is 19.9 Å². The van der Waals surface area contributed by atoms with Crippen molar-refractivity contribution >= 4 is 23.5 Å². The molecule has 0 heterocycles. The monoisotopic (exact) mass is 388 g/mol. The second-order valence-electron chi connectivity index (χ2n) is 6.40. The molecule has 0 fully saturated rings. The van der Waals surface area contributed by atoms with Gasteiger partial charge in [0, 0.05) is 17.3 Å². The minimum absolute atomic E-state index is 0.212. The molecule has 8 heteroatoms. The Hall–Kier alpha value is -3.42. The van der Waals surface area contributed by atoms with Gasteiger partial charge in [0.2, 0.25) is 5.91 Å². The van der Waals surface area contributed by atoms with E-state index in [0.717, 1.165) is 0 Å². The lowest BCUT2D eigenvalue weighted by molar-refractivity contribution is -0.139. The highest BCUT2D eigenvalue weighted by Crippen LogP contribution is 2.18. The van der Waals surface area contributed by atoms with Crippen molar-refractivity contribution < 1.29 is 28.6 Å². The maximum Gasteiger partial charge on any atom is 0.341 e. The Balaban J connectivity index is 2.06. The third kappa shape index (κ3) is 6.08. The molecule has 1 unspecified atom stereocenters. The van der Waals surface area contributed by atoms with E-state index in [4.69, 9.17) is 9.84 Å². The summed E-state index contributed by atoms with van der Waals surface area (Å²) >= 11 is 0. The van der Waals surface area contributed by atoms with Gasteiger partial charge in [0.25, 0.3) is 5.91 Å². The standard InChI is InChI=1S/C20H21FN2O5/c1-12(2)18(23-19(26)13-6-8-14(21)9-7-13)20(27)22-15-4-3-5-16(10-15)28-11-17(24)25/h3-10,12,18H,11H2,1-2H3,(H,22,27)(H,23,26)(H,24,25). The van der Waals surface area contributed by atoms with Crippen LogP contribution in [0.25, 0.3) is 0 Å². The van der Waals surface area contributed by atoms with Crippen LogP contribution in [0, 0.1) is 11.7 Å². The quantitative estimate of drug-likeness (QED) is 0.645. The summed E-state index contributed by atoms with van der Waals surface area (Å²) < 4.78 is 18.1. The van der Waals surface area contributed by atoms with Crippen LogP contribution in [0.1, 0.15) is 24.2 Å². The maximum atomic E-state index is 13.0. The van der Waals surface area contributed by atoms with E-state index in [1.54, 1.807) is 32.0 Å². The summed E-state index contributed by atoms with van der Waals surface area (Å²) in [4.78, 5) is 35.6. The maximum absolute atomic E-state index is 13.0. The molecule has 0 aliphatic heterocycles. The molecule has 0 spiro atoms. The van der Waals surface area contributed by atoms with Gasteiger partial charge in [-0.25, -0.2) is 9.18 Å². The van der Waals surface area contributed by atoms with Gasteiger partial charge >= 0.3 is 5.97 Å². The SMILES string of the molecule is CC(C)C(NC(=O)c1ccc(F)cc1)C(=O)Nc1cccc(OCC(=O)O)c1. The molecule has 3 N–H and O–H groups in total. The highest BCUT2D eigenvalue weighted by atomic mass is 19.1. The van der Waals surface area contributed by atoms with Crippen LogP contribution < -0.4 is 15.4 Å². The molecule has 28 heavy (non-hydrogen) atoms. The van der Waals surface area contributed by atoms with Crippen molar-refractivity contribution in [3.05, 3.63) is 59.9 Å². The summed E-state index contributed by atoms with van der Waals surface area (Å²) in [6.07, 6.45) is 0. The number of rotatable bonds is 8. The molecule has 2 rings (SSSR count). The minimum atomic E-state index is -1.11. The molecule has 0 radical (unpaired) electrons. The molecular weight excluding hydrogens is 367 g/mol. The van der Waals surface area contributed by atoms with Crippen molar-refractivity contribution in [3.8, 4) is 5.75 Å². The average molecular weight is 388 g/mol. The van der Waals surface area contributed by atoms with Crippen LogP contribution in [0.4, 0.5) is 10.1 Å². The Morgan fingerprint density at radius 1 is 1.11 bits per heavy atom. The van der Waals surface area contributed by atoms with Gasteiger partial charge in [0.15, 0.2) is 6.61 Å². The molecule has 0 saturated heterocycles. The molecule has 0 aliphatic rings. The van der Waals surface area contributed by atoms with E-state index in [-0.39, 0.29) is 17.2 Å². The predicted octanol–water partition coefficient (Wildman–Crippen LogP) is 2.68. The third-order valence-corrected chi connectivity index (χ3v) is 3.81. The Labute approximate surface area is 161 Å². The fourth-order valence-electron chi connectivity index (χ4n) is 2.39. The van der Waals surface area contributed by atoms with Crippen LogP contribution in [-0.4, -0.2) is 35.5 Å². The number of amides is 2. The van der Waals surface area contributed by atoms with Crippen LogP contribution >= 0.6 is 0 Å². The van der Waals surface area contributed by atoms with Gasteiger partial charge in [-0.15, -0.1) is 0 Å². The van der Waals surface area contributed by atoms with E-state index in [1.807, 2.05) is 0 Å². The van der Waals surface area contributed by atoms with Crippen molar-refractivity contribution in [1.29, 1.82) is 0 Å². The van der Waals surface area contributed by atoms with Crippen LogP contribution in [0.2, 0.25) is 0 Å². The Kier molecular flexibility index (Phi) is 7.08. The van der Waals surface area contributed by atoms with Crippen LogP contribution in [-0.2, 0) is 9.59 Å². The van der Waals surface area contributed by atoms with E-state index >= 15 is 0 Å². The lowest BCUT2D eigenvalue weighted by Gasteiger charge is -2.22. The fourth-order valence-corrected chi connectivity index (χ4v) is 2.39. The number of anilines is 1. The molecule has 0 saturated carbocycles. The number of carboxylic acids is 1. The summed E-state index contributed by atoms with van der Waals surface area (Å²) in [5.74, 6) is -2.43. The molecule has 148 valence electrons. The molecule has 1 atom stereocenters. The van der Waals surface area contributed by atoms with Gasteiger partial charge < -0.3 is 20.5 Å². The second kappa shape index (κ2) is 9.50. The van der Waals surface area contributed by atoms with Crippen LogP contribution in [0.3, 0.4) is 0 Å². The number of nitrogens with one attached hydrogen (secondary N) is 2. The van der Waals surface area contributed by atoms with E-state index in [2.05, 4.69) is 10.6 Å². The zero-order chi connectivity index (χ0) is 20.7. The molecule has 2 aromatic carbocycles. The van der Waals surface area contributed by atoms with E-state index in [1.165, 1.54) is 30.3 Å². The van der Waals surface area contributed by atoms with Gasteiger partial charge in [-0.1, -0.05) is 19.9 Å². The Morgan fingerprint density at radius 3 is 2.39 bits per heavy atom. The lowest BCUT2D eigenvalue weighted by Crippen LogP contribution is -2.47. The van der Waals surface area contributed by atoms with Crippen LogP contribution in [0.15, 0.2) is 48.5 Å². The number of carboxylic acid groups (broad SMARTS) is 1. The number of aliphatic carboxylic acids is 1.